The molecule has 0 heterocycles. The van der Waals surface area contributed by atoms with Gasteiger partial charge in [-0.15, -0.1) is 0 Å². The van der Waals surface area contributed by atoms with Crippen LogP contribution in [0, 0.1) is 0 Å². The molecule has 2 aromatic carbocycles. The largest absolute Gasteiger partial charge is 0.289 e. The van der Waals surface area contributed by atoms with Crippen LogP contribution in [-0.4, -0.2) is 5.78 Å². The van der Waals surface area contributed by atoms with Gasteiger partial charge in [0.25, 0.3) is 0 Å². The maximum Gasteiger partial charge on any atom is 0.194 e. The molecule has 1 heteroatoms. The van der Waals surface area contributed by atoms with Gasteiger partial charge in [0, 0.05) is 11.1 Å². The van der Waals surface area contributed by atoms with Crippen LogP contribution in [0.25, 0.3) is 11.1 Å². The predicted molar refractivity (Wildman–Crippen MR) is 83.2 cm³/mol. The van der Waals surface area contributed by atoms with Crippen LogP contribution in [0.2, 0.25) is 0 Å². The molecule has 1 aliphatic carbocycles. The summed E-state index contributed by atoms with van der Waals surface area (Å²) in [7, 11) is 0. The molecular formula is C19H20O. The third kappa shape index (κ3) is 2.29. The second-order valence-corrected chi connectivity index (χ2v) is 5.57. The minimum absolute atomic E-state index is 0.186. The number of benzene rings is 2. The van der Waals surface area contributed by atoms with Gasteiger partial charge in [-0.2, -0.15) is 0 Å². The van der Waals surface area contributed by atoms with E-state index in [9.17, 15) is 4.79 Å². The topological polar surface area (TPSA) is 17.1 Å². The van der Waals surface area contributed by atoms with Gasteiger partial charge >= 0.3 is 0 Å². The Kier molecular flexibility index (Phi) is 3.68. The van der Waals surface area contributed by atoms with Crippen LogP contribution < -0.4 is 0 Å². The first-order valence-electron chi connectivity index (χ1n) is 7.58. The van der Waals surface area contributed by atoms with E-state index in [1.165, 1.54) is 31.2 Å². The van der Waals surface area contributed by atoms with E-state index in [1.54, 1.807) is 0 Å². The summed E-state index contributed by atoms with van der Waals surface area (Å²) in [5.74, 6) is 0.186. The second-order valence-electron chi connectivity index (χ2n) is 5.57. The summed E-state index contributed by atoms with van der Waals surface area (Å²) in [6.45, 7) is 2.23. The SMILES string of the molecule is CCCCCCc1ccc2c(c1)C(=O)c1ccccc1-2. The maximum absolute atomic E-state index is 12.4. The number of hydrogen-bond donors (Lipinski definition) is 0. The number of ketones is 1. The van der Waals surface area contributed by atoms with Crippen LogP contribution in [0.5, 0.6) is 0 Å². The number of fused-ring (bicyclic) bond motifs is 3. The first-order valence-corrected chi connectivity index (χ1v) is 7.58. The van der Waals surface area contributed by atoms with E-state index >= 15 is 0 Å². The summed E-state index contributed by atoms with van der Waals surface area (Å²) in [4.78, 5) is 12.4. The highest BCUT2D eigenvalue weighted by molar-refractivity contribution is 6.21. The quantitative estimate of drug-likeness (QED) is 0.591. The molecule has 0 unspecified atom stereocenters. The number of carbonyl (C=O) groups is 1. The molecule has 0 bridgehead atoms. The molecule has 1 nitrogen and oxygen atoms in total. The molecule has 0 radical (unpaired) electrons. The predicted octanol–water partition coefficient (Wildman–Crippen LogP) is 5.02. The summed E-state index contributed by atoms with van der Waals surface area (Å²) >= 11 is 0. The van der Waals surface area contributed by atoms with Crippen molar-refractivity contribution < 1.29 is 4.79 Å². The number of unbranched alkanes of at least 4 members (excludes halogenated alkanes) is 3. The first kappa shape index (κ1) is 13.1. The van der Waals surface area contributed by atoms with Crippen LogP contribution in [0.4, 0.5) is 0 Å². The van der Waals surface area contributed by atoms with Gasteiger partial charge in [-0.25, -0.2) is 0 Å². The number of rotatable bonds is 5. The van der Waals surface area contributed by atoms with E-state index in [4.69, 9.17) is 0 Å². The fourth-order valence-corrected chi connectivity index (χ4v) is 2.99. The minimum atomic E-state index is 0.186. The molecule has 0 saturated heterocycles. The maximum atomic E-state index is 12.4. The molecule has 0 spiro atoms. The average molecular weight is 264 g/mol. The van der Waals surface area contributed by atoms with Crippen molar-refractivity contribution in [2.45, 2.75) is 39.0 Å². The van der Waals surface area contributed by atoms with Gasteiger partial charge in [0.1, 0.15) is 0 Å². The molecular weight excluding hydrogens is 244 g/mol. The Balaban J connectivity index is 1.83. The van der Waals surface area contributed by atoms with Crippen LogP contribution in [0.15, 0.2) is 42.5 Å². The molecule has 0 aromatic heterocycles. The lowest BCUT2D eigenvalue weighted by atomic mass is 10.00. The summed E-state index contributed by atoms with van der Waals surface area (Å²) in [5, 5.41) is 0. The third-order valence-electron chi connectivity index (χ3n) is 4.11. The van der Waals surface area contributed by atoms with Crippen molar-refractivity contribution in [1.29, 1.82) is 0 Å². The summed E-state index contributed by atoms with van der Waals surface area (Å²) < 4.78 is 0. The number of aryl methyl sites for hydroxylation is 1. The minimum Gasteiger partial charge on any atom is -0.289 e. The van der Waals surface area contributed by atoms with Crippen molar-refractivity contribution in [3.05, 3.63) is 59.2 Å². The highest BCUT2D eigenvalue weighted by atomic mass is 16.1. The molecule has 2 aromatic rings. The summed E-state index contributed by atoms with van der Waals surface area (Å²) in [5.41, 5.74) is 5.22. The van der Waals surface area contributed by atoms with Crippen LogP contribution in [-0.2, 0) is 6.42 Å². The van der Waals surface area contributed by atoms with Gasteiger partial charge < -0.3 is 0 Å². The Morgan fingerprint density at radius 3 is 2.35 bits per heavy atom. The van der Waals surface area contributed by atoms with E-state index in [1.807, 2.05) is 24.3 Å². The molecule has 0 N–H and O–H groups in total. The molecule has 0 fully saturated rings. The summed E-state index contributed by atoms with van der Waals surface area (Å²) in [6, 6.07) is 14.3. The Bertz CT molecular complexity index is 640. The van der Waals surface area contributed by atoms with E-state index < -0.39 is 0 Å². The van der Waals surface area contributed by atoms with Gasteiger partial charge in [-0.05, 0) is 35.6 Å². The molecule has 102 valence electrons. The van der Waals surface area contributed by atoms with Crippen molar-refractivity contribution in [2.24, 2.45) is 0 Å². The van der Waals surface area contributed by atoms with Crippen molar-refractivity contribution in [3.8, 4) is 11.1 Å². The standard InChI is InChI=1S/C19H20O/c1-2-3-4-5-8-14-11-12-16-15-9-6-7-10-17(15)19(20)18(16)13-14/h6-7,9-13H,2-5,8H2,1H3. The van der Waals surface area contributed by atoms with Crippen LogP contribution >= 0.6 is 0 Å². The Hall–Kier alpha value is -1.89. The lowest BCUT2D eigenvalue weighted by Crippen LogP contribution is -1.96. The first-order chi connectivity index (χ1) is 9.81. The van der Waals surface area contributed by atoms with E-state index in [0.29, 0.717) is 0 Å². The molecule has 1 aliphatic rings. The zero-order valence-electron chi connectivity index (χ0n) is 12.0. The van der Waals surface area contributed by atoms with Crippen molar-refractivity contribution in [1.82, 2.24) is 0 Å². The van der Waals surface area contributed by atoms with Crippen molar-refractivity contribution >= 4 is 5.78 Å². The fourth-order valence-electron chi connectivity index (χ4n) is 2.99. The molecule has 0 aliphatic heterocycles. The van der Waals surface area contributed by atoms with Crippen LogP contribution in [0.1, 0.15) is 54.1 Å². The molecule has 20 heavy (non-hydrogen) atoms. The lowest BCUT2D eigenvalue weighted by Gasteiger charge is -2.04. The average Bonchev–Trinajstić information content (AvgIpc) is 2.77. The van der Waals surface area contributed by atoms with Gasteiger partial charge in [-0.3, -0.25) is 4.79 Å². The van der Waals surface area contributed by atoms with Gasteiger partial charge in [0.15, 0.2) is 5.78 Å². The summed E-state index contributed by atoms with van der Waals surface area (Å²) in [6.07, 6.45) is 6.14. The zero-order chi connectivity index (χ0) is 13.9. The number of carbonyl (C=O) groups excluding carboxylic acids is 1. The normalized spacial score (nSPS) is 12.3. The smallest absolute Gasteiger partial charge is 0.194 e. The Morgan fingerprint density at radius 1 is 0.800 bits per heavy atom. The van der Waals surface area contributed by atoms with Crippen molar-refractivity contribution in [2.75, 3.05) is 0 Å². The molecule has 0 amide bonds. The van der Waals surface area contributed by atoms with E-state index in [0.717, 1.165) is 28.7 Å². The van der Waals surface area contributed by atoms with Gasteiger partial charge in [0.05, 0.1) is 0 Å². The molecule has 3 rings (SSSR count). The highest BCUT2D eigenvalue weighted by Crippen LogP contribution is 2.36. The molecule has 0 saturated carbocycles. The second kappa shape index (κ2) is 5.62. The molecule has 0 atom stereocenters. The Labute approximate surface area is 120 Å². The van der Waals surface area contributed by atoms with E-state index in [2.05, 4.69) is 25.1 Å². The van der Waals surface area contributed by atoms with Crippen molar-refractivity contribution in [3.63, 3.8) is 0 Å². The lowest BCUT2D eigenvalue weighted by molar-refractivity contribution is 0.104. The Morgan fingerprint density at radius 2 is 1.55 bits per heavy atom. The number of hydrogen-bond acceptors (Lipinski definition) is 1. The third-order valence-corrected chi connectivity index (χ3v) is 4.11. The monoisotopic (exact) mass is 264 g/mol. The van der Waals surface area contributed by atoms with Gasteiger partial charge in [0.2, 0.25) is 0 Å². The van der Waals surface area contributed by atoms with E-state index in [-0.39, 0.29) is 5.78 Å². The van der Waals surface area contributed by atoms with Gasteiger partial charge in [-0.1, -0.05) is 62.6 Å². The fraction of sp³-hybridized carbons (Fsp3) is 0.316. The highest BCUT2D eigenvalue weighted by Gasteiger charge is 2.25. The zero-order valence-corrected chi connectivity index (χ0v) is 12.0. The van der Waals surface area contributed by atoms with Crippen LogP contribution in [0.3, 0.4) is 0 Å².